The lowest BCUT2D eigenvalue weighted by Gasteiger charge is -2.03. The van der Waals surface area contributed by atoms with Gasteiger partial charge in [-0.25, -0.2) is 4.79 Å². The van der Waals surface area contributed by atoms with Crippen molar-refractivity contribution < 1.29 is 27.2 Å². The minimum Gasteiger partial charge on any atom is -0.460 e. The van der Waals surface area contributed by atoms with Crippen molar-refractivity contribution >= 4 is 16.1 Å². The largest absolute Gasteiger partial charge is 0.460 e. The van der Waals surface area contributed by atoms with Crippen LogP contribution in [0, 0.1) is 0 Å². The van der Waals surface area contributed by atoms with Crippen molar-refractivity contribution in [2.24, 2.45) is 0 Å². The molecule has 0 saturated heterocycles. The number of unbranched alkanes of at least 4 members (excludes halogenated alkanes) is 1. The Morgan fingerprint density at radius 2 is 1.94 bits per heavy atom. The average Bonchev–Trinajstić information content (AvgIpc) is 2.20. The van der Waals surface area contributed by atoms with E-state index in [0.717, 1.165) is 6.08 Å². The molecule has 0 aliphatic heterocycles. The highest BCUT2D eigenvalue weighted by Crippen LogP contribution is 1.94. The first-order valence-electron chi connectivity index (χ1n) is 4.78. The molecular weight excluding hydrogens is 236 g/mol. The first-order valence-corrected chi connectivity index (χ1v) is 6.38. The first-order chi connectivity index (χ1) is 7.45. The molecule has 0 fully saturated rings. The van der Waals surface area contributed by atoms with E-state index in [9.17, 15) is 13.2 Å². The zero-order chi connectivity index (χ0) is 12.4. The van der Waals surface area contributed by atoms with Gasteiger partial charge in [0.1, 0.15) is 6.61 Å². The molecule has 0 spiro atoms. The third-order valence-electron chi connectivity index (χ3n) is 1.58. The van der Waals surface area contributed by atoms with Crippen molar-refractivity contribution in [2.45, 2.75) is 12.8 Å². The molecule has 0 aliphatic carbocycles. The summed E-state index contributed by atoms with van der Waals surface area (Å²) in [6.45, 7) is 3.99. The number of ether oxygens (including phenoxy) is 2. The predicted molar refractivity (Wildman–Crippen MR) is 57.6 cm³/mol. The summed E-state index contributed by atoms with van der Waals surface area (Å²) in [6.07, 6.45) is 1.92. The molecule has 16 heavy (non-hydrogen) atoms. The Hall–Kier alpha value is -0.920. The smallest absolute Gasteiger partial charge is 0.330 e. The summed E-state index contributed by atoms with van der Waals surface area (Å²) >= 11 is 0. The van der Waals surface area contributed by atoms with E-state index in [0.29, 0.717) is 19.4 Å². The monoisotopic (exact) mass is 252 g/mol. The van der Waals surface area contributed by atoms with E-state index in [-0.39, 0.29) is 19.0 Å². The zero-order valence-electron chi connectivity index (χ0n) is 8.92. The van der Waals surface area contributed by atoms with Gasteiger partial charge >= 0.3 is 5.97 Å². The van der Waals surface area contributed by atoms with Gasteiger partial charge in [0.15, 0.2) is 0 Å². The summed E-state index contributed by atoms with van der Waals surface area (Å²) in [4.78, 5) is 10.6. The van der Waals surface area contributed by atoms with Crippen molar-refractivity contribution in [3.8, 4) is 0 Å². The van der Waals surface area contributed by atoms with E-state index in [4.69, 9.17) is 9.29 Å². The zero-order valence-corrected chi connectivity index (χ0v) is 9.74. The van der Waals surface area contributed by atoms with E-state index in [1.54, 1.807) is 0 Å². The first kappa shape index (κ1) is 15.1. The maximum atomic E-state index is 10.6. The summed E-state index contributed by atoms with van der Waals surface area (Å²) in [7, 11) is -3.87. The quantitative estimate of drug-likeness (QED) is 0.276. The molecule has 1 N–H and O–H groups in total. The van der Waals surface area contributed by atoms with Gasteiger partial charge in [-0.3, -0.25) is 4.55 Å². The number of rotatable bonds is 9. The maximum absolute atomic E-state index is 10.6. The van der Waals surface area contributed by atoms with E-state index >= 15 is 0 Å². The van der Waals surface area contributed by atoms with Crippen LogP contribution >= 0.6 is 0 Å². The Kier molecular flexibility index (Phi) is 7.78. The van der Waals surface area contributed by atoms with Gasteiger partial charge in [-0.05, 0) is 12.8 Å². The van der Waals surface area contributed by atoms with Crippen molar-refractivity contribution in [3.63, 3.8) is 0 Å². The average molecular weight is 252 g/mol. The second kappa shape index (κ2) is 8.26. The van der Waals surface area contributed by atoms with E-state index in [1.807, 2.05) is 0 Å². The molecule has 0 rings (SSSR count). The number of esters is 1. The molecule has 0 bridgehead atoms. The van der Waals surface area contributed by atoms with Crippen LogP contribution in [0.3, 0.4) is 0 Å². The molecule has 0 atom stereocenters. The highest BCUT2D eigenvalue weighted by Gasteiger charge is 2.03. The van der Waals surface area contributed by atoms with Crippen LogP contribution in [-0.2, 0) is 24.4 Å². The molecule has 0 aromatic heterocycles. The van der Waals surface area contributed by atoms with Crippen LogP contribution in [0.4, 0.5) is 0 Å². The molecule has 0 amide bonds. The molecule has 0 heterocycles. The van der Waals surface area contributed by atoms with Crippen LogP contribution in [0.15, 0.2) is 12.7 Å². The molecular formula is C9H16O6S. The topological polar surface area (TPSA) is 89.9 Å². The Morgan fingerprint density at radius 1 is 1.25 bits per heavy atom. The highest BCUT2D eigenvalue weighted by atomic mass is 32.2. The molecule has 0 aromatic rings. The van der Waals surface area contributed by atoms with Gasteiger partial charge in [0.25, 0.3) is 10.1 Å². The molecule has 0 radical (unpaired) electrons. The molecule has 7 heteroatoms. The maximum Gasteiger partial charge on any atom is 0.330 e. The second-order valence-corrected chi connectivity index (χ2v) is 4.55. The number of hydrogen-bond acceptors (Lipinski definition) is 5. The minimum atomic E-state index is -3.87. The lowest BCUT2D eigenvalue weighted by molar-refractivity contribution is -0.139. The highest BCUT2D eigenvalue weighted by molar-refractivity contribution is 7.85. The van der Waals surface area contributed by atoms with Gasteiger partial charge in [-0.2, -0.15) is 8.42 Å². The van der Waals surface area contributed by atoms with Gasteiger partial charge in [-0.15, -0.1) is 0 Å². The van der Waals surface area contributed by atoms with Gasteiger partial charge in [0.05, 0.1) is 12.4 Å². The van der Waals surface area contributed by atoms with Crippen LogP contribution in [0.5, 0.6) is 0 Å². The molecule has 6 nitrogen and oxygen atoms in total. The summed E-state index contributed by atoms with van der Waals surface area (Å²) in [5.41, 5.74) is 0. The van der Waals surface area contributed by atoms with Gasteiger partial charge in [0.2, 0.25) is 0 Å². The SMILES string of the molecule is C=CC(=O)OCCOCCCCS(=O)(=O)O. The van der Waals surface area contributed by atoms with Crippen molar-refractivity contribution in [2.75, 3.05) is 25.6 Å². The third-order valence-corrected chi connectivity index (χ3v) is 2.38. The minimum absolute atomic E-state index is 0.142. The number of carbonyl (C=O) groups excluding carboxylic acids is 1. The Morgan fingerprint density at radius 3 is 2.50 bits per heavy atom. The normalized spacial score (nSPS) is 11.1. The fourth-order valence-electron chi connectivity index (χ4n) is 0.851. The summed E-state index contributed by atoms with van der Waals surface area (Å²) in [5.74, 6) is -0.767. The predicted octanol–water partition coefficient (Wildman–Crippen LogP) is 0.400. The van der Waals surface area contributed by atoms with Crippen molar-refractivity contribution in [3.05, 3.63) is 12.7 Å². The number of hydrogen-bond donors (Lipinski definition) is 1. The van der Waals surface area contributed by atoms with Crippen molar-refractivity contribution in [1.29, 1.82) is 0 Å². The number of carbonyl (C=O) groups is 1. The molecule has 0 aliphatic rings. The summed E-state index contributed by atoms with van der Waals surface area (Å²) in [6, 6.07) is 0. The fraction of sp³-hybridized carbons (Fsp3) is 0.667. The fourth-order valence-corrected chi connectivity index (χ4v) is 1.42. The van der Waals surface area contributed by atoms with Crippen LogP contribution in [0.2, 0.25) is 0 Å². The molecule has 0 saturated carbocycles. The Bertz CT molecular complexity index is 308. The Balaban J connectivity index is 3.22. The van der Waals surface area contributed by atoms with Crippen molar-refractivity contribution in [1.82, 2.24) is 0 Å². The standard InChI is InChI=1S/C9H16O6S/c1-2-9(10)15-7-6-14-5-3-4-8-16(11,12)13/h2H,1,3-8H2,(H,11,12,13). The molecule has 0 unspecified atom stereocenters. The molecule has 0 aromatic carbocycles. The Labute approximate surface area is 95.0 Å². The van der Waals surface area contributed by atoms with Gasteiger partial charge in [0, 0.05) is 12.7 Å². The van der Waals surface area contributed by atoms with Crippen LogP contribution < -0.4 is 0 Å². The summed E-state index contributed by atoms with van der Waals surface area (Å²) < 4.78 is 38.7. The van der Waals surface area contributed by atoms with Gasteiger partial charge in [-0.1, -0.05) is 6.58 Å². The lowest BCUT2D eigenvalue weighted by Crippen LogP contribution is -2.10. The van der Waals surface area contributed by atoms with E-state index in [2.05, 4.69) is 11.3 Å². The van der Waals surface area contributed by atoms with Crippen LogP contribution in [-0.4, -0.2) is 44.5 Å². The van der Waals surface area contributed by atoms with Gasteiger partial charge < -0.3 is 9.47 Å². The lowest BCUT2D eigenvalue weighted by atomic mass is 10.4. The van der Waals surface area contributed by atoms with E-state index in [1.165, 1.54) is 0 Å². The van der Waals surface area contributed by atoms with Crippen LogP contribution in [0.25, 0.3) is 0 Å². The van der Waals surface area contributed by atoms with E-state index < -0.39 is 16.1 Å². The third kappa shape index (κ3) is 11.2. The molecule has 94 valence electrons. The summed E-state index contributed by atoms with van der Waals surface area (Å²) in [5, 5.41) is 0. The second-order valence-electron chi connectivity index (χ2n) is 2.98. The van der Waals surface area contributed by atoms with Crippen LogP contribution in [0.1, 0.15) is 12.8 Å².